The molecule has 0 fully saturated rings. The summed E-state index contributed by atoms with van der Waals surface area (Å²) in [6.07, 6.45) is 0.206. The molecule has 0 bridgehead atoms. The summed E-state index contributed by atoms with van der Waals surface area (Å²) in [5.74, 6) is -0.568. The molecule has 1 atom stereocenters. The molecule has 5 nitrogen and oxygen atoms in total. The number of halogens is 4. The Kier molecular flexibility index (Phi) is 7.17. The molecule has 0 spiro atoms. The summed E-state index contributed by atoms with van der Waals surface area (Å²) in [5, 5.41) is 6.70. The van der Waals surface area contributed by atoms with E-state index in [-0.39, 0.29) is 16.3 Å². The van der Waals surface area contributed by atoms with Gasteiger partial charge in [-0.1, -0.05) is 46.6 Å². The number of carbonyl (C=O) groups excluding carboxylic acids is 1. The number of nitrogens with one attached hydrogen (secondary N) is 1. The van der Waals surface area contributed by atoms with E-state index >= 15 is 0 Å². The van der Waals surface area contributed by atoms with Gasteiger partial charge in [0.2, 0.25) is 6.10 Å². The molecule has 2 aromatic carbocycles. The Labute approximate surface area is 158 Å². The van der Waals surface area contributed by atoms with E-state index in [1.54, 1.807) is 30.3 Å². The molecule has 2 rings (SSSR count). The van der Waals surface area contributed by atoms with Crippen molar-refractivity contribution in [2.75, 3.05) is 5.32 Å². The van der Waals surface area contributed by atoms with E-state index in [2.05, 4.69) is 15.2 Å². The number of rotatable bonds is 7. The van der Waals surface area contributed by atoms with Crippen molar-refractivity contribution in [1.82, 2.24) is 0 Å². The number of alkyl halides is 2. The van der Waals surface area contributed by atoms with Gasteiger partial charge in [-0.3, -0.25) is 4.79 Å². The van der Waals surface area contributed by atoms with Crippen LogP contribution in [0.3, 0.4) is 0 Å². The van der Waals surface area contributed by atoms with Crippen molar-refractivity contribution in [3.63, 3.8) is 0 Å². The molecule has 0 aliphatic heterocycles. The van der Waals surface area contributed by atoms with Crippen LogP contribution in [0.4, 0.5) is 14.5 Å². The third-order valence-corrected chi connectivity index (χ3v) is 3.94. The number of ether oxygens (including phenoxy) is 1. The van der Waals surface area contributed by atoms with Gasteiger partial charge in [-0.25, -0.2) is 0 Å². The molecule has 9 heteroatoms. The molecule has 1 amide bonds. The van der Waals surface area contributed by atoms with Crippen LogP contribution in [0, 0.1) is 0 Å². The minimum atomic E-state index is -2.96. The Bertz CT molecular complexity index is 803. The predicted molar refractivity (Wildman–Crippen MR) is 96.3 cm³/mol. The van der Waals surface area contributed by atoms with Gasteiger partial charge in [0.05, 0.1) is 21.9 Å². The highest BCUT2D eigenvalue weighted by molar-refractivity contribution is 6.44. The van der Waals surface area contributed by atoms with Crippen LogP contribution in [0.15, 0.2) is 47.6 Å². The maximum atomic E-state index is 12.4. The highest BCUT2D eigenvalue weighted by Gasteiger charge is 2.16. The number of anilines is 1. The first-order valence-corrected chi connectivity index (χ1v) is 8.12. The fourth-order valence-corrected chi connectivity index (χ4v) is 2.20. The Morgan fingerprint density at radius 1 is 1.19 bits per heavy atom. The van der Waals surface area contributed by atoms with Crippen LogP contribution in [-0.2, 0) is 9.63 Å². The van der Waals surface area contributed by atoms with E-state index in [0.29, 0.717) is 10.7 Å². The summed E-state index contributed by atoms with van der Waals surface area (Å²) in [5.41, 5.74) is 0.609. The molecular formula is C17H14Cl2F2N2O3. The lowest BCUT2D eigenvalue weighted by Gasteiger charge is -2.12. The second-order valence-electron chi connectivity index (χ2n) is 4.99. The van der Waals surface area contributed by atoms with Crippen molar-refractivity contribution in [1.29, 1.82) is 0 Å². The molecule has 0 aliphatic rings. The molecule has 0 aliphatic carbocycles. The fraction of sp³-hybridized carbons (Fsp3) is 0.176. The zero-order valence-electron chi connectivity index (χ0n) is 13.5. The van der Waals surface area contributed by atoms with Crippen molar-refractivity contribution < 1.29 is 23.1 Å². The summed E-state index contributed by atoms with van der Waals surface area (Å²) in [4.78, 5) is 17.1. The van der Waals surface area contributed by atoms with Gasteiger partial charge in [0.25, 0.3) is 5.91 Å². The lowest BCUT2D eigenvalue weighted by molar-refractivity contribution is -0.126. The molecule has 26 heavy (non-hydrogen) atoms. The van der Waals surface area contributed by atoms with Crippen LogP contribution in [0.2, 0.25) is 10.0 Å². The standard InChI is InChI=1S/C17H14Cl2F2N2O3/c1-10(16(24)23-13-7-4-6-12(18)15(13)19)26-22-9-11-5-2-3-8-14(11)25-17(20)21/h2-10,17H,1H3,(H,23,24)/b22-9+. The normalized spacial score (nSPS) is 12.2. The first-order valence-electron chi connectivity index (χ1n) is 7.36. The number of hydrogen-bond donors (Lipinski definition) is 1. The fourth-order valence-electron chi connectivity index (χ4n) is 1.85. The summed E-state index contributed by atoms with van der Waals surface area (Å²) >= 11 is 11.9. The number of oxime groups is 1. The largest absolute Gasteiger partial charge is 0.434 e. The molecule has 0 radical (unpaired) electrons. The lowest BCUT2D eigenvalue weighted by Crippen LogP contribution is -2.26. The number of nitrogens with zero attached hydrogens (tertiary/aromatic N) is 1. The monoisotopic (exact) mass is 402 g/mol. The second kappa shape index (κ2) is 9.35. The quantitative estimate of drug-likeness (QED) is 0.525. The van der Waals surface area contributed by atoms with Crippen molar-refractivity contribution in [3.05, 3.63) is 58.1 Å². The SMILES string of the molecule is CC(O/N=C/c1ccccc1OC(F)F)C(=O)Nc1cccc(Cl)c1Cl. The molecule has 0 aromatic heterocycles. The smallest absolute Gasteiger partial charge is 0.387 e. The number of carbonyl (C=O) groups is 1. The van der Waals surface area contributed by atoms with Crippen molar-refractivity contribution in [2.24, 2.45) is 5.16 Å². The van der Waals surface area contributed by atoms with Crippen LogP contribution in [0.1, 0.15) is 12.5 Å². The minimum Gasteiger partial charge on any atom is -0.434 e. The highest BCUT2D eigenvalue weighted by Crippen LogP contribution is 2.29. The zero-order chi connectivity index (χ0) is 19.1. The molecule has 0 heterocycles. The molecule has 1 N–H and O–H groups in total. The lowest BCUT2D eigenvalue weighted by atomic mass is 10.2. The van der Waals surface area contributed by atoms with Crippen LogP contribution in [0.5, 0.6) is 5.75 Å². The number of amides is 1. The molecule has 2 aromatic rings. The summed E-state index contributed by atoms with van der Waals surface area (Å²) in [7, 11) is 0. The zero-order valence-corrected chi connectivity index (χ0v) is 15.0. The Morgan fingerprint density at radius 3 is 2.65 bits per heavy atom. The number of para-hydroxylation sites is 1. The van der Waals surface area contributed by atoms with Gasteiger partial charge in [0.1, 0.15) is 5.75 Å². The van der Waals surface area contributed by atoms with E-state index in [4.69, 9.17) is 28.0 Å². The van der Waals surface area contributed by atoms with Gasteiger partial charge in [0.15, 0.2) is 0 Å². The number of benzene rings is 2. The third-order valence-electron chi connectivity index (χ3n) is 3.12. The van der Waals surface area contributed by atoms with E-state index in [1.807, 2.05) is 0 Å². The van der Waals surface area contributed by atoms with E-state index in [0.717, 1.165) is 0 Å². The summed E-state index contributed by atoms with van der Waals surface area (Å²) < 4.78 is 29.1. The topological polar surface area (TPSA) is 59.9 Å². The molecule has 0 saturated heterocycles. The highest BCUT2D eigenvalue weighted by atomic mass is 35.5. The van der Waals surface area contributed by atoms with Gasteiger partial charge >= 0.3 is 6.61 Å². The van der Waals surface area contributed by atoms with E-state index in [9.17, 15) is 13.6 Å². The molecule has 0 saturated carbocycles. The van der Waals surface area contributed by atoms with Crippen LogP contribution >= 0.6 is 23.2 Å². The average Bonchev–Trinajstić information content (AvgIpc) is 2.59. The van der Waals surface area contributed by atoms with Gasteiger partial charge in [-0.05, 0) is 31.2 Å². The van der Waals surface area contributed by atoms with Crippen molar-refractivity contribution in [2.45, 2.75) is 19.6 Å². The molecule has 1 unspecified atom stereocenters. The maximum Gasteiger partial charge on any atom is 0.387 e. The van der Waals surface area contributed by atoms with E-state index in [1.165, 1.54) is 25.3 Å². The van der Waals surface area contributed by atoms with Gasteiger partial charge in [-0.15, -0.1) is 0 Å². The molecular weight excluding hydrogens is 389 g/mol. The van der Waals surface area contributed by atoms with Crippen LogP contribution in [-0.4, -0.2) is 24.8 Å². The number of hydrogen-bond acceptors (Lipinski definition) is 4. The molecule has 138 valence electrons. The van der Waals surface area contributed by atoms with Gasteiger partial charge in [-0.2, -0.15) is 8.78 Å². The van der Waals surface area contributed by atoms with E-state index < -0.39 is 18.6 Å². The van der Waals surface area contributed by atoms with Gasteiger partial charge in [0, 0.05) is 5.56 Å². The van der Waals surface area contributed by atoms with Crippen molar-refractivity contribution in [3.8, 4) is 5.75 Å². The first kappa shape index (κ1) is 19.9. The van der Waals surface area contributed by atoms with Gasteiger partial charge < -0.3 is 14.9 Å². The first-order chi connectivity index (χ1) is 12.4. The Balaban J connectivity index is 1.98. The van der Waals surface area contributed by atoms with Crippen LogP contribution in [0.25, 0.3) is 0 Å². The second-order valence-corrected chi connectivity index (χ2v) is 5.77. The third kappa shape index (κ3) is 5.57. The Morgan fingerprint density at radius 2 is 1.92 bits per heavy atom. The maximum absolute atomic E-state index is 12.4. The summed E-state index contributed by atoms with van der Waals surface area (Å²) in [6.45, 7) is -1.50. The minimum absolute atomic E-state index is 0.0577. The van der Waals surface area contributed by atoms with Crippen molar-refractivity contribution >= 4 is 41.0 Å². The summed E-state index contributed by atoms with van der Waals surface area (Å²) in [6, 6.07) is 10.8. The van der Waals surface area contributed by atoms with Crippen LogP contribution < -0.4 is 10.1 Å². The predicted octanol–water partition coefficient (Wildman–Crippen LogP) is 4.97. The average molecular weight is 403 g/mol. The Hall–Kier alpha value is -2.38.